The van der Waals surface area contributed by atoms with Crippen LogP contribution in [0.15, 0.2) is 72.8 Å². The van der Waals surface area contributed by atoms with Crippen LogP contribution in [0.5, 0.6) is 5.75 Å². The molecule has 0 unspecified atom stereocenters. The lowest BCUT2D eigenvalue weighted by molar-refractivity contribution is 0.0317. The zero-order chi connectivity index (χ0) is 21.7. The highest BCUT2D eigenvalue weighted by atomic mass is 16.5. The second-order valence-electron chi connectivity index (χ2n) is 6.88. The third kappa shape index (κ3) is 4.63. The van der Waals surface area contributed by atoms with Crippen LogP contribution >= 0.6 is 0 Å². The average Bonchev–Trinajstić information content (AvgIpc) is 2.78. The minimum absolute atomic E-state index is 0.123. The van der Waals surface area contributed by atoms with Gasteiger partial charge in [0, 0.05) is 16.7 Å². The molecule has 0 aliphatic rings. The molecule has 0 aliphatic heterocycles. The van der Waals surface area contributed by atoms with E-state index in [0.29, 0.717) is 16.9 Å². The molecule has 0 fully saturated rings. The molecule has 0 bridgehead atoms. The van der Waals surface area contributed by atoms with E-state index in [2.05, 4.69) is 0 Å². The first-order valence-corrected chi connectivity index (χ1v) is 9.50. The van der Waals surface area contributed by atoms with Crippen LogP contribution < -0.4 is 4.74 Å². The topological polar surface area (TPSA) is 69.7 Å². The molecule has 3 rings (SSSR count). The van der Waals surface area contributed by atoms with Gasteiger partial charge in [0.15, 0.2) is 11.9 Å². The van der Waals surface area contributed by atoms with Gasteiger partial charge in [-0.25, -0.2) is 4.79 Å². The van der Waals surface area contributed by atoms with E-state index in [4.69, 9.17) is 9.47 Å². The maximum atomic E-state index is 12.9. The Hall–Kier alpha value is -3.73. The van der Waals surface area contributed by atoms with Gasteiger partial charge in [-0.3, -0.25) is 9.59 Å². The van der Waals surface area contributed by atoms with Crippen molar-refractivity contribution in [2.24, 2.45) is 0 Å². The van der Waals surface area contributed by atoms with Gasteiger partial charge in [-0.05, 0) is 44.2 Å². The third-order valence-corrected chi connectivity index (χ3v) is 4.73. The highest BCUT2D eigenvalue weighted by Crippen LogP contribution is 2.19. The molecule has 5 heteroatoms. The standard InChI is InChI=1S/C25H22O5/c1-16-8-10-19(11-9-16)24(27)21-6-4-5-7-22(21)25(28)30-17(2)23(26)18-12-14-20(29-3)15-13-18/h4-15,17H,1-3H3/t17-/m1/s1. The fourth-order valence-corrected chi connectivity index (χ4v) is 2.99. The second kappa shape index (κ2) is 9.18. The minimum Gasteiger partial charge on any atom is -0.497 e. The number of aryl methyl sites for hydroxylation is 1. The van der Waals surface area contributed by atoms with Crippen LogP contribution in [0.4, 0.5) is 0 Å². The van der Waals surface area contributed by atoms with E-state index < -0.39 is 12.1 Å². The van der Waals surface area contributed by atoms with E-state index in [1.165, 1.54) is 20.1 Å². The zero-order valence-electron chi connectivity index (χ0n) is 17.0. The molecular weight excluding hydrogens is 380 g/mol. The van der Waals surface area contributed by atoms with Crippen LogP contribution in [0.25, 0.3) is 0 Å². The van der Waals surface area contributed by atoms with Crippen molar-refractivity contribution in [3.05, 3.63) is 101 Å². The number of methoxy groups -OCH3 is 1. The third-order valence-electron chi connectivity index (χ3n) is 4.73. The van der Waals surface area contributed by atoms with E-state index in [-0.39, 0.29) is 22.7 Å². The summed E-state index contributed by atoms with van der Waals surface area (Å²) in [4.78, 5) is 38.3. The Morgan fingerprint density at radius 3 is 1.93 bits per heavy atom. The summed E-state index contributed by atoms with van der Waals surface area (Å²) >= 11 is 0. The average molecular weight is 402 g/mol. The number of carbonyl (C=O) groups excluding carboxylic acids is 3. The SMILES string of the molecule is COc1ccc(C(=O)[C@@H](C)OC(=O)c2ccccc2C(=O)c2ccc(C)cc2)cc1. The van der Waals surface area contributed by atoms with Gasteiger partial charge < -0.3 is 9.47 Å². The minimum atomic E-state index is -1.01. The summed E-state index contributed by atoms with van der Waals surface area (Å²) in [6, 6.07) is 20.1. The van der Waals surface area contributed by atoms with Gasteiger partial charge in [-0.2, -0.15) is 0 Å². The maximum Gasteiger partial charge on any atom is 0.339 e. The van der Waals surface area contributed by atoms with Crippen LogP contribution in [-0.2, 0) is 4.74 Å². The number of Topliss-reactive ketones (excluding diaryl/α,β-unsaturated/α-hetero) is 1. The summed E-state index contributed by atoms with van der Waals surface area (Å²) in [5.74, 6) is -0.717. The summed E-state index contributed by atoms with van der Waals surface area (Å²) in [5, 5.41) is 0. The monoisotopic (exact) mass is 402 g/mol. The second-order valence-corrected chi connectivity index (χ2v) is 6.88. The number of hydrogen-bond donors (Lipinski definition) is 0. The fourth-order valence-electron chi connectivity index (χ4n) is 2.99. The molecule has 3 aromatic carbocycles. The molecule has 0 heterocycles. The fraction of sp³-hybridized carbons (Fsp3) is 0.160. The van der Waals surface area contributed by atoms with Crippen molar-refractivity contribution in [1.29, 1.82) is 0 Å². The molecule has 152 valence electrons. The molecule has 0 saturated heterocycles. The van der Waals surface area contributed by atoms with Crippen molar-refractivity contribution >= 4 is 17.5 Å². The number of rotatable bonds is 7. The summed E-state index contributed by atoms with van der Waals surface area (Å²) in [6.07, 6.45) is -1.01. The van der Waals surface area contributed by atoms with Crippen molar-refractivity contribution in [2.45, 2.75) is 20.0 Å². The molecule has 3 aromatic rings. The summed E-state index contributed by atoms with van der Waals surface area (Å²) in [6.45, 7) is 3.44. The van der Waals surface area contributed by atoms with Gasteiger partial charge in [-0.1, -0.05) is 48.0 Å². The summed E-state index contributed by atoms with van der Waals surface area (Å²) < 4.78 is 10.5. The number of esters is 1. The Kier molecular flexibility index (Phi) is 6.42. The van der Waals surface area contributed by atoms with Crippen molar-refractivity contribution in [2.75, 3.05) is 7.11 Å². The van der Waals surface area contributed by atoms with Crippen molar-refractivity contribution in [1.82, 2.24) is 0 Å². The largest absolute Gasteiger partial charge is 0.497 e. The smallest absolute Gasteiger partial charge is 0.339 e. The Morgan fingerprint density at radius 2 is 1.33 bits per heavy atom. The van der Waals surface area contributed by atoms with Crippen LogP contribution in [0.3, 0.4) is 0 Å². The first-order valence-electron chi connectivity index (χ1n) is 9.50. The van der Waals surface area contributed by atoms with Crippen LogP contribution in [0, 0.1) is 6.92 Å². The predicted octanol–water partition coefficient (Wildman–Crippen LogP) is 4.66. The number of hydrogen-bond acceptors (Lipinski definition) is 5. The van der Waals surface area contributed by atoms with E-state index in [0.717, 1.165) is 5.56 Å². The molecular formula is C25H22O5. The van der Waals surface area contributed by atoms with Crippen LogP contribution in [0.1, 0.15) is 49.1 Å². The lowest BCUT2D eigenvalue weighted by atomic mass is 9.97. The Labute approximate surface area is 175 Å². The summed E-state index contributed by atoms with van der Waals surface area (Å²) in [7, 11) is 1.54. The number of benzene rings is 3. The molecule has 0 N–H and O–H groups in total. The first kappa shape index (κ1) is 21.0. The number of ether oxygens (including phenoxy) is 2. The lowest BCUT2D eigenvalue weighted by Gasteiger charge is -2.14. The Bertz CT molecular complexity index is 1070. The van der Waals surface area contributed by atoms with Gasteiger partial charge in [-0.15, -0.1) is 0 Å². The summed E-state index contributed by atoms with van der Waals surface area (Å²) in [5.41, 5.74) is 2.27. The normalized spacial score (nSPS) is 11.4. The molecule has 5 nitrogen and oxygen atoms in total. The van der Waals surface area contributed by atoms with Crippen molar-refractivity contribution in [3.8, 4) is 5.75 Å². The van der Waals surface area contributed by atoms with Gasteiger partial charge in [0.05, 0.1) is 12.7 Å². The van der Waals surface area contributed by atoms with Crippen LogP contribution in [-0.4, -0.2) is 30.7 Å². The molecule has 0 aliphatic carbocycles. The number of carbonyl (C=O) groups is 3. The molecule has 0 amide bonds. The molecule has 30 heavy (non-hydrogen) atoms. The molecule has 0 radical (unpaired) electrons. The van der Waals surface area contributed by atoms with Crippen molar-refractivity contribution < 1.29 is 23.9 Å². The molecule has 0 spiro atoms. The van der Waals surface area contributed by atoms with E-state index in [1.807, 2.05) is 19.1 Å². The predicted molar refractivity (Wildman–Crippen MR) is 113 cm³/mol. The highest BCUT2D eigenvalue weighted by Gasteiger charge is 2.24. The van der Waals surface area contributed by atoms with E-state index in [9.17, 15) is 14.4 Å². The highest BCUT2D eigenvalue weighted by molar-refractivity contribution is 6.14. The quantitative estimate of drug-likeness (QED) is 0.425. The Balaban J connectivity index is 1.79. The Morgan fingerprint density at radius 1 is 0.767 bits per heavy atom. The lowest BCUT2D eigenvalue weighted by Crippen LogP contribution is -2.25. The van der Waals surface area contributed by atoms with E-state index in [1.54, 1.807) is 54.6 Å². The van der Waals surface area contributed by atoms with Gasteiger partial charge >= 0.3 is 5.97 Å². The van der Waals surface area contributed by atoms with Gasteiger partial charge in [0.2, 0.25) is 5.78 Å². The van der Waals surface area contributed by atoms with Crippen molar-refractivity contribution in [3.63, 3.8) is 0 Å². The zero-order valence-corrected chi connectivity index (χ0v) is 17.0. The molecule has 0 aromatic heterocycles. The number of ketones is 2. The molecule has 1 atom stereocenters. The maximum absolute atomic E-state index is 12.9. The first-order chi connectivity index (χ1) is 14.4. The van der Waals surface area contributed by atoms with Crippen LogP contribution in [0.2, 0.25) is 0 Å². The van der Waals surface area contributed by atoms with Gasteiger partial charge in [0.25, 0.3) is 0 Å². The van der Waals surface area contributed by atoms with Gasteiger partial charge in [0.1, 0.15) is 5.75 Å². The van der Waals surface area contributed by atoms with E-state index >= 15 is 0 Å². The molecule has 0 saturated carbocycles.